The molecule has 0 radical (unpaired) electrons. The van der Waals surface area contributed by atoms with E-state index in [1.165, 1.54) is 23.1 Å². The first-order valence-electron chi connectivity index (χ1n) is 8.52. The molecule has 0 aromatic heterocycles. The Morgan fingerprint density at radius 1 is 1.16 bits per heavy atom. The molecule has 2 aliphatic heterocycles. The quantitative estimate of drug-likeness (QED) is 0.810. The Morgan fingerprint density at radius 3 is 2.16 bits per heavy atom. The van der Waals surface area contributed by atoms with E-state index >= 15 is 0 Å². The van der Waals surface area contributed by atoms with Crippen molar-refractivity contribution in [2.45, 2.75) is 57.8 Å². The molecule has 1 atom stereocenters. The predicted octanol–water partition coefficient (Wildman–Crippen LogP) is 2.17. The van der Waals surface area contributed by atoms with Crippen molar-refractivity contribution in [1.82, 2.24) is 14.5 Å². The second kappa shape index (κ2) is 6.94. The van der Waals surface area contributed by atoms with Gasteiger partial charge in [0.2, 0.25) is 10.0 Å². The van der Waals surface area contributed by atoms with Crippen molar-refractivity contribution in [2.24, 2.45) is 5.92 Å². The van der Waals surface area contributed by atoms with Gasteiger partial charge in [-0.15, -0.1) is 0 Å². The summed E-state index contributed by atoms with van der Waals surface area (Å²) in [6.45, 7) is 5.15. The highest BCUT2D eigenvalue weighted by atomic mass is 32.2. The number of rotatable bonds is 3. The lowest BCUT2D eigenvalue weighted by Gasteiger charge is -2.38. The van der Waals surface area contributed by atoms with Gasteiger partial charge in [0, 0.05) is 25.7 Å². The first-order valence-corrected chi connectivity index (χ1v) is 10.1. The van der Waals surface area contributed by atoms with E-state index in [1.807, 2.05) is 0 Å². The normalized spacial score (nSPS) is 26.0. The molecule has 2 heterocycles. The smallest absolute Gasteiger partial charge is 0.335 e. The Hall–Kier alpha value is -1.03. The molecule has 1 N–H and O–H groups in total. The van der Waals surface area contributed by atoms with E-state index in [-0.39, 0.29) is 24.8 Å². The number of alkyl halides is 3. The molecule has 2 rings (SSSR count). The molecular weight excluding hydrogens is 359 g/mol. The van der Waals surface area contributed by atoms with Gasteiger partial charge in [-0.2, -0.15) is 13.2 Å². The van der Waals surface area contributed by atoms with Crippen molar-refractivity contribution in [1.29, 1.82) is 0 Å². The van der Waals surface area contributed by atoms with Crippen molar-refractivity contribution >= 4 is 16.1 Å². The van der Waals surface area contributed by atoms with Crippen LogP contribution in [-0.2, 0) is 10.0 Å². The molecule has 0 aromatic carbocycles. The maximum absolute atomic E-state index is 13.1. The Morgan fingerprint density at radius 2 is 1.72 bits per heavy atom. The molecule has 10 heteroatoms. The second-order valence-corrected chi connectivity index (χ2v) is 9.47. The van der Waals surface area contributed by atoms with Crippen LogP contribution < -0.4 is 5.32 Å². The first-order chi connectivity index (χ1) is 11.4. The molecule has 0 spiro atoms. The molecule has 146 valence electrons. The van der Waals surface area contributed by atoms with E-state index in [0.717, 1.165) is 0 Å². The number of urea groups is 1. The minimum atomic E-state index is -4.33. The van der Waals surface area contributed by atoms with Crippen LogP contribution in [0.15, 0.2) is 0 Å². The second-order valence-electron chi connectivity index (χ2n) is 7.21. The summed E-state index contributed by atoms with van der Waals surface area (Å²) in [5, 5.41) is 2.78. The Kier molecular flexibility index (Phi) is 5.63. The van der Waals surface area contributed by atoms with Crippen LogP contribution in [0.3, 0.4) is 0 Å². The Bertz CT molecular complexity index is 599. The number of piperidine rings is 1. The summed E-state index contributed by atoms with van der Waals surface area (Å²) >= 11 is 0. The number of hydrogen-bond donors (Lipinski definition) is 1. The van der Waals surface area contributed by atoms with E-state index in [4.69, 9.17) is 0 Å². The molecule has 2 amide bonds. The number of carbonyl (C=O) groups excluding carboxylic acids is 1. The highest BCUT2D eigenvalue weighted by Gasteiger charge is 2.56. The Balaban J connectivity index is 1.94. The molecule has 2 fully saturated rings. The maximum Gasteiger partial charge on any atom is 0.394 e. The minimum absolute atomic E-state index is 0.0326. The number of nitrogens with zero attached hydrogens (tertiary/aromatic N) is 2. The molecule has 1 unspecified atom stereocenters. The molecule has 6 nitrogen and oxygen atoms in total. The van der Waals surface area contributed by atoms with Gasteiger partial charge in [0.05, 0.1) is 17.2 Å². The molecule has 2 aliphatic rings. The largest absolute Gasteiger partial charge is 0.394 e. The number of sulfonamides is 1. The van der Waals surface area contributed by atoms with Crippen molar-refractivity contribution < 1.29 is 26.4 Å². The maximum atomic E-state index is 13.1. The summed E-state index contributed by atoms with van der Waals surface area (Å²) in [6.07, 6.45) is -3.51. The van der Waals surface area contributed by atoms with Crippen LogP contribution in [0.1, 0.15) is 40.0 Å². The zero-order valence-electron chi connectivity index (χ0n) is 14.8. The standard InChI is InChI=1S/C15H26F3N3O3S/c1-4-25(23,24)20-8-5-11(6-9-20)19-13(22)21-10-7-12(14(21,2)3)15(16,17)18/h11-12H,4-10H2,1-3H3,(H,19,22). The fourth-order valence-corrected chi connectivity index (χ4v) is 4.86. The van der Waals surface area contributed by atoms with Crippen LogP contribution in [0.4, 0.5) is 18.0 Å². The zero-order valence-corrected chi connectivity index (χ0v) is 15.6. The molecule has 25 heavy (non-hydrogen) atoms. The highest BCUT2D eigenvalue weighted by Crippen LogP contribution is 2.44. The third kappa shape index (κ3) is 4.21. The van der Waals surface area contributed by atoms with Crippen LogP contribution in [0.5, 0.6) is 0 Å². The van der Waals surface area contributed by atoms with E-state index in [0.29, 0.717) is 25.9 Å². The van der Waals surface area contributed by atoms with Crippen molar-refractivity contribution in [2.75, 3.05) is 25.4 Å². The zero-order chi connectivity index (χ0) is 19.0. The highest BCUT2D eigenvalue weighted by molar-refractivity contribution is 7.89. The summed E-state index contributed by atoms with van der Waals surface area (Å²) in [5.41, 5.74) is -1.30. The van der Waals surface area contributed by atoms with E-state index in [9.17, 15) is 26.4 Å². The lowest BCUT2D eigenvalue weighted by atomic mass is 9.88. The number of halogens is 3. The monoisotopic (exact) mass is 385 g/mol. The van der Waals surface area contributed by atoms with Crippen molar-refractivity contribution in [3.05, 3.63) is 0 Å². The van der Waals surface area contributed by atoms with Gasteiger partial charge in [-0.25, -0.2) is 17.5 Å². The number of nitrogens with one attached hydrogen (secondary N) is 1. The van der Waals surface area contributed by atoms with Crippen molar-refractivity contribution in [3.63, 3.8) is 0 Å². The topological polar surface area (TPSA) is 69.7 Å². The average molecular weight is 385 g/mol. The van der Waals surface area contributed by atoms with Crippen LogP contribution >= 0.6 is 0 Å². The van der Waals surface area contributed by atoms with Gasteiger partial charge < -0.3 is 10.2 Å². The summed E-state index contributed by atoms with van der Waals surface area (Å²) < 4.78 is 64.4. The lowest BCUT2D eigenvalue weighted by molar-refractivity contribution is -0.189. The van der Waals surface area contributed by atoms with Crippen LogP contribution in [0.2, 0.25) is 0 Å². The van der Waals surface area contributed by atoms with Gasteiger partial charge in [0.15, 0.2) is 0 Å². The minimum Gasteiger partial charge on any atom is -0.335 e. The molecule has 0 aliphatic carbocycles. The number of hydrogen-bond acceptors (Lipinski definition) is 3. The number of carbonyl (C=O) groups is 1. The Labute approximate surface area is 146 Å². The number of likely N-dealkylation sites (tertiary alicyclic amines) is 1. The van der Waals surface area contributed by atoms with Gasteiger partial charge in [0.1, 0.15) is 0 Å². The third-order valence-electron chi connectivity index (χ3n) is 5.37. The predicted molar refractivity (Wildman–Crippen MR) is 87.5 cm³/mol. The average Bonchev–Trinajstić information content (AvgIpc) is 2.83. The molecule has 0 bridgehead atoms. The molecule has 2 saturated heterocycles. The molecule has 0 aromatic rings. The first kappa shape index (κ1) is 20.3. The van der Waals surface area contributed by atoms with Gasteiger partial charge in [0.25, 0.3) is 0 Å². The summed E-state index contributed by atoms with van der Waals surface area (Å²) in [6, 6.07) is -0.731. The fraction of sp³-hybridized carbons (Fsp3) is 0.933. The van der Waals surface area contributed by atoms with Crippen molar-refractivity contribution in [3.8, 4) is 0 Å². The molecular formula is C15H26F3N3O3S. The fourth-order valence-electron chi connectivity index (χ4n) is 3.73. The summed E-state index contributed by atoms with van der Waals surface area (Å²) in [4.78, 5) is 13.7. The van der Waals surface area contributed by atoms with Gasteiger partial charge in [-0.3, -0.25) is 0 Å². The van der Waals surface area contributed by atoms with E-state index in [1.54, 1.807) is 6.92 Å². The van der Waals surface area contributed by atoms with Crippen LogP contribution in [0, 0.1) is 5.92 Å². The van der Waals surface area contributed by atoms with Crippen LogP contribution in [-0.4, -0.2) is 66.8 Å². The van der Waals surface area contributed by atoms with E-state index in [2.05, 4.69) is 5.32 Å². The summed E-state index contributed by atoms with van der Waals surface area (Å²) in [7, 11) is -3.25. The van der Waals surface area contributed by atoms with Crippen LogP contribution in [0.25, 0.3) is 0 Å². The van der Waals surface area contributed by atoms with Gasteiger partial charge in [-0.05, 0) is 40.0 Å². The van der Waals surface area contributed by atoms with Gasteiger partial charge >= 0.3 is 12.2 Å². The number of amides is 2. The lowest BCUT2D eigenvalue weighted by Crippen LogP contribution is -2.56. The third-order valence-corrected chi connectivity index (χ3v) is 7.25. The van der Waals surface area contributed by atoms with Gasteiger partial charge in [-0.1, -0.05) is 0 Å². The SMILES string of the molecule is CCS(=O)(=O)N1CCC(NC(=O)N2CCC(C(F)(F)F)C2(C)C)CC1. The van der Waals surface area contributed by atoms with E-state index < -0.39 is 33.7 Å². The molecule has 0 saturated carbocycles. The summed E-state index contributed by atoms with van der Waals surface area (Å²) in [5.74, 6) is -1.51.